The van der Waals surface area contributed by atoms with Gasteiger partial charge < -0.3 is 10.5 Å². The van der Waals surface area contributed by atoms with Crippen LogP contribution in [0.5, 0.6) is 5.88 Å². The largest absolute Gasteiger partial charge is 0.481 e. The Morgan fingerprint density at radius 1 is 1.12 bits per heavy atom. The van der Waals surface area contributed by atoms with E-state index in [9.17, 15) is 4.39 Å². The van der Waals surface area contributed by atoms with Crippen LogP contribution in [0.1, 0.15) is 30.4 Å². The monoisotopic (exact) mass is 428 g/mol. The molecule has 5 rings (SSSR count). The third kappa shape index (κ3) is 3.64. The molecule has 5 nitrogen and oxygen atoms in total. The minimum atomic E-state index is -0.516. The van der Waals surface area contributed by atoms with Gasteiger partial charge in [0.1, 0.15) is 11.9 Å². The number of methoxy groups -OCH3 is 1. The lowest BCUT2D eigenvalue weighted by molar-refractivity contribution is 0.239. The number of fused-ring (bicyclic) bond motifs is 2. The molecule has 2 fully saturated rings. The Morgan fingerprint density at radius 2 is 1.97 bits per heavy atom. The highest BCUT2D eigenvalue weighted by Gasteiger charge is 2.44. The molecule has 3 atom stereocenters. The van der Waals surface area contributed by atoms with Crippen molar-refractivity contribution in [1.29, 1.82) is 5.26 Å². The van der Waals surface area contributed by atoms with Crippen molar-refractivity contribution in [2.75, 3.05) is 7.11 Å². The predicted molar refractivity (Wildman–Crippen MR) is 121 cm³/mol. The Bertz CT molecular complexity index is 1190. The molecular formula is C26H25FN4O. The number of halogens is 1. The average molecular weight is 429 g/mol. The molecule has 2 bridgehead atoms. The molecule has 0 radical (unpaired) electrons. The molecule has 0 saturated carbocycles. The summed E-state index contributed by atoms with van der Waals surface area (Å²) >= 11 is 0. The number of pyridine rings is 1. The van der Waals surface area contributed by atoms with Gasteiger partial charge in [-0.25, -0.2) is 9.37 Å². The van der Waals surface area contributed by atoms with E-state index in [1.807, 2.05) is 18.2 Å². The number of aromatic nitrogens is 1. The molecule has 32 heavy (non-hydrogen) atoms. The number of rotatable bonds is 5. The van der Waals surface area contributed by atoms with Crippen molar-refractivity contribution in [1.82, 2.24) is 9.88 Å². The van der Waals surface area contributed by atoms with Crippen LogP contribution in [-0.4, -0.2) is 35.1 Å². The lowest BCUT2D eigenvalue weighted by atomic mass is 9.92. The standard InChI is InChI=1S/C26H25FN4O/c1-32-26-9-5-19(14-30-26)21-7-2-16(15-31-20-6-8-25(31)24(29)12-20)10-22(21)17-3-4-18(13-28)23(27)11-17/h2-5,7,9-11,14,20,24-25H,6,8,12,15,29H2,1H3/t20-,24+,25+/m1/s1. The van der Waals surface area contributed by atoms with Gasteiger partial charge in [-0.15, -0.1) is 0 Å². The van der Waals surface area contributed by atoms with Crippen LogP contribution in [0, 0.1) is 17.1 Å². The van der Waals surface area contributed by atoms with Crippen molar-refractivity contribution in [2.24, 2.45) is 5.73 Å². The van der Waals surface area contributed by atoms with Gasteiger partial charge in [-0.3, -0.25) is 4.90 Å². The van der Waals surface area contributed by atoms with Gasteiger partial charge in [-0.1, -0.05) is 18.2 Å². The Hall–Kier alpha value is -3.27. The predicted octanol–water partition coefficient (Wildman–Crippen LogP) is 4.50. The first-order valence-corrected chi connectivity index (χ1v) is 10.9. The Morgan fingerprint density at radius 3 is 2.59 bits per heavy atom. The summed E-state index contributed by atoms with van der Waals surface area (Å²) in [5.41, 5.74) is 11.0. The molecule has 6 heteroatoms. The van der Waals surface area contributed by atoms with Crippen molar-refractivity contribution < 1.29 is 9.13 Å². The van der Waals surface area contributed by atoms with Crippen molar-refractivity contribution >= 4 is 0 Å². The van der Waals surface area contributed by atoms with E-state index in [0.29, 0.717) is 18.0 Å². The van der Waals surface area contributed by atoms with Gasteiger partial charge in [0.05, 0.1) is 12.7 Å². The second-order valence-corrected chi connectivity index (χ2v) is 8.65. The van der Waals surface area contributed by atoms with E-state index in [1.54, 1.807) is 19.4 Å². The number of nitriles is 1. The fraction of sp³-hybridized carbons (Fsp3) is 0.308. The highest BCUT2D eigenvalue weighted by Crippen LogP contribution is 2.39. The molecule has 2 aliphatic rings. The summed E-state index contributed by atoms with van der Waals surface area (Å²) in [6.07, 6.45) is 5.20. The number of nitrogens with zero attached hydrogens (tertiary/aromatic N) is 3. The van der Waals surface area contributed by atoms with Crippen LogP contribution in [0.3, 0.4) is 0 Å². The molecule has 2 aliphatic heterocycles. The van der Waals surface area contributed by atoms with Crippen LogP contribution < -0.4 is 10.5 Å². The molecule has 0 spiro atoms. The van der Waals surface area contributed by atoms with E-state index in [1.165, 1.54) is 24.1 Å². The average Bonchev–Trinajstić information content (AvgIpc) is 3.34. The first-order chi connectivity index (χ1) is 15.6. The lowest BCUT2D eigenvalue weighted by Crippen LogP contribution is -2.36. The molecule has 2 aromatic carbocycles. The smallest absolute Gasteiger partial charge is 0.212 e. The zero-order chi connectivity index (χ0) is 22.2. The molecular weight excluding hydrogens is 403 g/mol. The van der Waals surface area contributed by atoms with E-state index >= 15 is 0 Å². The second-order valence-electron chi connectivity index (χ2n) is 8.65. The molecule has 0 aliphatic carbocycles. The van der Waals surface area contributed by atoms with E-state index in [-0.39, 0.29) is 11.6 Å². The summed E-state index contributed by atoms with van der Waals surface area (Å²) in [5.74, 6) is 0.0231. The first-order valence-electron chi connectivity index (χ1n) is 10.9. The summed E-state index contributed by atoms with van der Waals surface area (Å²) in [4.78, 5) is 6.86. The van der Waals surface area contributed by atoms with Crippen LogP contribution in [0.2, 0.25) is 0 Å². The Labute approximate surface area is 187 Å². The van der Waals surface area contributed by atoms with E-state index in [2.05, 4.69) is 28.1 Å². The fourth-order valence-corrected chi connectivity index (χ4v) is 5.22. The molecule has 2 N–H and O–H groups in total. The summed E-state index contributed by atoms with van der Waals surface area (Å²) in [6, 6.07) is 18.0. The van der Waals surface area contributed by atoms with Crippen LogP contribution in [0.4, 0.5) is 4.39 Å². The van der Waals surface area contributed by atoms with Gasteiger partial charge in [0.25, 0.3) is 0 Å². The number of ether oxygens (including phenoxy) is 1. The lowest BCUT2D eigenvalue weighted by Gasteiger charge is -2.23. The van der Waals surface area contributed by atoms with Crippen molar-refractivity contribution in [3.8, 4) is 34.2 Å². The summed E-state index contributed by atoms with van der Waals surface area (Å²) < 4.78 is 19.7. The first kappa shape index (κ1) is 20.6. The quantitative estimate of drug-likeness (QED) is 0.648. The number of nitrogens with two attached hydrogens (primary N) is 1. The summed E-state index contributed by atoms with van der Waals surface area (Å²) in [5, 5.41) is 9.12. The molecule has 3 heterocycles. The Balaban J connectivity index is 1.56. The third-order valence-corrected chi connectivity index (χ3v) is 6.84. The van der Waals surface area contributed by atoms with E-state index < -0.39 is 5.82 Å². The highest BCUT2D eigenvalue weighted by atomic mass is 19.1. The van der Waals surface area contributed by atoms with E-state index in [0.717, 1.165) is 41.6 Å². The van der Waals surface area contributed by atoms with Gasteiger partial charge in [-0.05, 0) is 65.8 Å². The molecule has 0 amide bonds. The van der Waals surface area contributed by atoms with Gasteiger partial charge in [0, 0.05) is 42.5 Å². The maximum Gasteiger partial charge on any atom is 0.212 e. The zero-order valence-electron chi connectivity index (χ0n) is 18.0. The Kier molecular flexibility index (Phi) is 5.38. The summed E-state index contributed by atoms with van der Waals surface area (Å²) in [7, 11) is 1.58. The number of benzene rings is 2. The molecule has 2 saturated heterocycles. The minimum Gasteiger partial charge on any atom is -0.481 e. The topological polar surface area (TPSA) is 75.2 Å². The highest BCUT2D eigenvalue weighted by molar-refractivity contribution is 5.84. The van der Waals surface area contributed by atoms with Crippen molar-refractivity contribution in [3.05, 3.63) is 71.7 Å². The maximum atomic E-state index is 14.5. The normalized spacial score (nSPS) is 22.1. The van der Waals surface area contributed by atoms with E-state index in [4.69, 9.17) is 15.7 Å². The SMILES string of the molecule is COc1ccc(-c2ccc(CN3[C@@H]4CC[C@H]3[C@@H](N)C4)cc2-c2ccc(C#N)c(F)c2)cn1. The maximum absolute atomic E-state index is 14.5. The van der Waals surface area contributed by atoms with Gasteiger partial charge in [0.2, 0.25) is 5.88 Å². The number of hydrogen-bond acceptors (Lipinski definition) is 5. The van der Waals surface area contributed by atoms with Crippen molar-refractivity contribution in [2.45, 2.75) is 43.9 Å². The minimum absolute atomic E-state index is 0.0419. The molecule has 162 valence electrons. The summed E-state index contributed by atoms with van der Waals surface area (Å²) in [6.45, 7) is 0.829. The second kappa shape index (κ2) is 8.34. The molecule has 1 aromatic heterocycles. The third-order valence-electron chi connectivity index (χ3n) is 6.84. The van der Waals surface area contributed by atoms with Crippen molar-refractivity contribution in [3.63, 3.8) is 0 Å². The van der Waals surface area contributed by atoms with Gasteiger partial charge in [0.15, 0.2) is 0 Å². The number of hydrogen-bond donors (Lipinski definition) is 1. The fourth-order valence-electron chi connectivity index (χ4n) is 5.22. The molecule has 0 unspecified atom stereocenters. The van der Waals surface area contributed by atoms with Gasteiger partial charge in [-0.2, -0.15) is 5.26 Å². The van der Waals surface area contributed by atoms with Crippen LogP contribution >= 0.6 is 0 Å². The molecule has 3 aromatic rings. The van der Waals surface area contributed by atoms with Crippen LogP contribution in [0.15, 0.2) is 54.7 Å². The van der Waals surface area contributed by atoms with Gasteiger partial charge >= 0.3 is 0 Å². The van der Waals surface area contributed by atoms with Crippen LogP contribution in [-0.2, 0) is 6.54 Å². The zero-order valence-corrected chi connectivity index (χ0v) is 18.0. The van der Waals surface area contributed by atoms with Crippen LogP contribution in [0.25, 0.3) is 22.3 Å².